The molecule has 170 valence electrons. The van der Waals surface area contributed by atoms with E-state index in [1.54, 1.807) is 7.11 Å². The van der Waals surface area contributed by atoms with Gasteiger partial charge in [0, 0.05) is 13.7 Å². The van der Waals surface area contributed by atoms with E-state index in [1.165, 1.54) is 0 Å². The number of rotatable bonds is 13. The molecule has 0 radical (unpaired) electrons. The summed E-state index contributed by atoms with van der Waals surface area (Å²) in [4.78, 5) is 0. The molecule has 0 amide bonds. The van der Waals surface area contributed by atoms with E-state index in [0.717, 1.165) is 73.7 Å². The van der Waals surface area contributed by atoms with Gasteiger partial charge in [-0.15, -0.1) is 0 Å². The molecule has 0 aromatic rings. The van der Waals surface area contributed by atoms with Gasteiger partial charge in [0.2, 0.25) is 0 Å². The summed E-state index contributed by atoms with van der Waals surface area (Å²) in [5, 5.41) is 30.7. The second-order valence-corrected chi connectivity index (χ2v) is 10.3. The Kier molecular flexibility index (Phi) is 9.11. The molecule has 0 saturated heterocycles. The summed E-state index contributed by atoms with van der Waals surface area (Å²) in [6.07, 6.45) is 14.4. The Morgan fingerprint density at radius 2 is 1.13 bits per heavy atom. The van der Waals surface area contributed by atoms with Crippen molar-refractivity contribution in [3.8, 4) is 0 Å². The van der Waals surface area contributed by atoms with E-state index in [4.69, 9.17) is 4.74 Å². The van der Waals surface area contributed by atoms with Crippen molar-refractivity contribution in [2.45, 2.75) is 96.9 Å². The molecule has 0 fully saturated rings. The maximum Gasteiger partial charge on any atom is 0.0967 e. The maximum absolute atomic E-state index is 10.7. The van der Waals surface area contributed by atoms with Crippen molar-refractivity contribution in [1.82, 2.24) is 0 Å². The lowest BCUT2D eigenvalue weighted by atomic mass is 9.87. The fraction of sp³-hybridized carbons (Fsp3) is 0.692. The Labute approximate surface area is 183 Å². The van der Waals surface area contributed by atoms with Crippen molar-refractivity contribution in [3.63, 3.8) is 0 Å². The van der Waals surface area contributed by atoms with Gasteiger partial charge in [-0.25, -0.2) is 0 Å². The van der Waals surface area contributed by atoms with Crippen LogP contribution in [0.3, 0.4) is 0 Å². The molecule has 0 spiro atoms. The summed E-state index contributed by atoms with van der Waals surface area (Å²) >= 11 is 0. The van der Waals surface area contributed by atoms with Crippen molar-refractivity contribution < 1.29 is 20.1 Å². The van der Waals surface area contributed by atoms with Crippen LogP contribution in [0.15, 0.2) is 46.6 Å². The monoisotopic (exact) mass is 418 g/mol. The first-order chi connectivity index (χ1) is 14.1. The molecule has 2 rings (SSSR count). The third kappa shape index (κ3) is 7.19. The predicted molar refractivity (Wildman–Crippen MR) is 123 cm³/mol. The van der Waals surface area contributed by atoms with Gasteiger partial charge in [0.25, 0.3) is 0 Å². The Morgan fingerprint density at radius 1 is 0.733 bits per heavy atom. The zero-order valence-corrected chi connectivity index (χ0v) is 19.6. The van der Waals surface area contributed by atoms with E-state index < -0.39 is 12.2 Å². The summed E-state index contributed by atoms with van der Waals surface area (Å²) in [5.74, 6) is 0. The van der Waals surface area contributed by atoms with Gasteiger partial charge < -0.3 is 20.1 Å². The number of hydrogen-bond donors (Lipinski definition) is 3. The molecular weight excluding hydrogens is 376 g/mol. The lowest BCUT2D eigenvalue weighted by Crippen LogP contribution is -2.22. The van der Waals surface area contributed by atoms with E-state index in [1.807, 2.05) is 12.2 Å². The van der Waals surface area contributed by atoms with Crippen molar-refractivity contribution >= 4 is 0 Å². The highest BCUT2D eigenvalue weighted by molar-refractivity contribution is 5.39. The van der Waals surface area contributed by atoms with Crippen LogP contribution in [0.4, 0.5) is 0 Å². The lowest BCUT2D eigenvalue weighted by Gasteiger charge is -2.23. The molecule has 0 aromatic carbocycles. The molecule has 0 bridgehead atoms. The molecule has 2 unspecified atom stereocenters. The fourth-order valence-electron chi connectivity index (χ4n) is 4.11. The summed E-state index contributed by atoms with van der Waals surface area (Å²) in [6.45, 7) is 8.50. The van der Waals surface area contributed by atoms with Crippen molar-refractivity contribution in [2.24, 2.45) is 5.41 Å². The maximum atomic E-state index is 10.7. The number of aliphatic hydroxyl groups is 3. The van der Waals surface area contributed by atoms with Gasteiger partial charge in [-0.3, -0.25) is 0 Å². The van der Waals surface area contributed by atoms with Gasteiger partial charge in [-0.2, -0.15) is 0 Å². The molecule has 0 saturated carbocycles. The second kappa shape index (κ2) is 10.9. The minimum atomic E-state index is -0.495. The first kappa shape index (κ1) is 25.1. The molecule has 30 heavy (non-hydrogen) atoms. The van der Waals surface area contributed by atoms with Crippen LogP contribution in [0.2, 0.25) is 0 Å². The Bertz CT molecular complexity index is 634. The summed E-state index contributed by atoms with van der Waals surface area (Å²) in [6, 6.07) is 0. The normalized spacial score (nSPS) is 22.1. The Morgan fingerprint density at radius 3 is 1.53 bits per heavy atom. The quantitative estimate of drug-likeness (QED) is 0.393. The van der Waals surface area contributed by atoms with E-state index in [9.17, 15) is 15.3 Å². The highest BCUT2D eigenvalue weighted by Gasteiger charge is 2.25. The van der Waals surface area contributed by atoms with Crippen LogP contribution >= 0.6 is 0 Å². The standard InChI is InChI=1S/C26H42O4/c1-25(2,18-27)16-6-8-19-10-12-21(23(19)28)14-15-22-13-11-20(24(22)29)9-7-17-26(3,4)30-5/h10-13,23-24,27-29H,6-9,14-18H2,1-5H3. The van der Waals surface area contributed by atoms with Crippen LogP contribution in [0, 0.1) is 5.41 Å². The topological polar surface area (TPSA) is 69.9 Å². The zero-order chi connectivity index (χ0) is 22.4. The average molecular weight is 419 g/mol. The molecule has 0 heterocycles. The summed E-state index contributed by atoms with van der Waals surface area (Å²) in [7, 11) is 1.74. The van der Waals surface area contributed by atoms with Crippen LogP contribution < -0.4 is 0 Å². The predicted octanol–water partition coefficient (Wildman–Crippen LogP) is 5.01. The van der Waals surface area contributed by atoms with E-state index >= 15 is 0 Å². The third-order valence-corrected chi connectivity index (χ3v) is 6.67. The van der Waals surface area contributed by atoms with Crippen LogP contribution in [0.5, 0.6) is 0 Å². The number of methoxy groups -OCH3 is 1. The van der Waals surface area contributed by atoms with Gasteiger partial charge in [0.1, 0.15) is 0 Å². The molecule has 4 nitrogen and oxygen atoms in total. The van der Waals surface area contributed by atoms with Crippen LogP contribution in [-0.4, -0.2) is 46.8 Å². The van der Waals surface area contributed by atoms with Crippen molar-refractivity contribution in [3.05, 3.63) is 46.6 Å². The van der Waals surface area contributed by atoms with Gasteiger partial charge in [-0.05, 0) is 92.9 Å². The lowest BCUT2D eigenvalue weighted by molar-refractivity contribution is 0.0138. The zero-order valence-electron chi connectivity index (χ0n) is 19.6. The number of hydrogen-bond acceptors (Lipinski definition) is 4. The Balaban J connectivity index is 1.71. The van der Waals surface area contributed by atoms with E-state index in [0.29, 0.717) is 0 Å². The van der Waals surface area contributed by atoms with Crippen LogP contribution in [0.1, 0.15) is 79.1 Å². The van der Waals surface area contributed by atoms with Crippen LogP contribution in [-0.2, 0) is 4.74 Å². The molecule has 2 aliphatic carbocycles. The largest absolute Gasteiger partial charge is 0.396 e. The fourth-order valence-corrected chi connectivity index (χ4v) is 4.11. The summed E-state index contributed by atoms with van der Waals surface area (Å²) in [5.41, 5.74) is 4.05. The number of allylic oxidation sites excluding steroid dienone is 4. The second-order valence-electron chi connectivity index (χ2n) is 10.3. The number of aliphatic hydroxyl groups excluding tert-OH is 3. The number of ether oxygens (including phenoxy) is 1. The molecule has 2 atom stereocenters. The average Bonchev–Trinajstić information content (AvgIpc) is 3.23. The first-order valence-electron chi connectivity index (χ1n) is 11.4. The SMILES string of the molecule is COC(C)(C)CCCC1=CC=C(CCC2=CC=C(CCCC(C)(C)CO)C2O)C1O. The Hall–Kier alpha value is -1.20. The van der Waals surface area contributed by atoms with E-state index in [2.05, 4.69) is 39.8 Å². The van der Waals surface area contributed by atoms with Crippen molar-refractivity contribution in [1.29, 1.82) is 0 Å². The molecule has 4 heteroatoms. The van der Waals surface area contributed by atoms with E-state index in [-0.39, 0.29) is 17.6 Å². The van der Waals surface area contributed by atoms with Crippen LogP contribution in [0.25, 0.3) is 0 Å². The van der Waals surface area contributed by atoms with Crippen molar-refractivity contribution in [2.75, 3.05) is 13.7 Å². The smallest absolute Gasteiger partial charge is 0.0967 e. The highest BCUT2D eigenvalue weighted by Crippen LogP contribution is 2.33. The molecule has 3 N–H and O–H groups in total. The van der Waals surface area contributed by atoms with Gasteiger partial charge in [0.15, 0.2) is 0 Å². The summed E-state index contributed by atoms with van der Waals surface area (Å²) < 4.78 is 5.47. The molecular formula is C26H42O4. The molecule has 2 aliphatic rings. The highest BCUT2D eigenvalue weighted by atomic mass is 16.5. The first-order valence-corrected chi connectivity index (χ1v) is 11.4. The van der Waals surface area contributed by atoms with Gasteiger partial charge in [-0.1, -0.05) is 38.2 Å². The van der Waals surface area contributed by atoms with Gasteiger partial charge in [0.05, 0.1) is 17.8 Å². The minimum absolute atomic E-state index is 0.0600. The molecule has 0 aliphatic heterocycles. The third-order valence-electron chi connectivity index (χ3n) is 6.67. The minimum Gasteiger partial charge on any atom is -0.396 e. The van der Waals surface area contributed by atoms with Gasteiger partial charge >= 0.3 is 0 Å². The molecule has 0 aromatic heterocycles.